The predicted molar refractivity (Wildman–Crippen MR) is 72.1 cm³/mol. The molecular weight excluding hydrogens is 286 g/mol. The van der Waals surface area contributed by atoms with Gasteiger partial charge < -0.3 is 5.73 Å². The Morgan fingerprint density at radius 2 is 2.05 bits per heavy atom. The lowest BCUT2D eigenvalue weighted by Crippen LogP contribution is -2.23. The fourth-order valence-electron chi connectivity index (χ4n) is 1.40. The van der Waals surface area contributed by atoms with Gasteiger partial charge in [0.1, 0.15) is 0 Å². The fourth-order valence-corrected chi connectivity index (χ4v) is 3.74. The topological polar surface area (TPSA) is 111 Å². The van der Waals surface area contributed by atoms with Crippen molar-refractivity contribution in [1.82, 2.24) is 19.7 Å². The lowest BCUT2D eigenvalue weighted by molar-refractivity contribution is 0.581. The molecule has 0 aromatic carbocycles. The minimum atomic E-state index is -3.62. The number of aromatic nitrogens is 3. The van der Waals surface area contributed by atoms with Crippen LogP contribution in [0.4, 0.5) is 5.13 Å². The average Bonchev–Trinajstić information content (AvgIpc) is 2.69. The number of nitrogens with zero attached hydrogens (tertiary/aromatic N) is 3. The van der Waals surface area contributed by atoms with E-state index in [1.54, 1.807) is 13.1 Å². The van der Waals surface area contributed by atoms with Gasteiger partial charge in [0.05, 0.1) is 29.8 Å². The van der Waals surface area contributed by atoms with Gasteiger partial charge in [0.15, 0.2) is 9.34 Å². The summed E-state index contributed by atoms with van der Waals surface area (Å²) >= 11 is 0.939. The number of sulfonamides is 1. The minimum Gasteiger partial charge on any atom is -0.375 e. The fraction of sp³-hybridized carbons (Fsp3) is 0.300. The van der Waals surface area contributed by atoms with Crippen molar-refractivity contribution in [3.05, 3.63) is 29.5 Å². The van der Waals surface area contributed by atoms with Gasteiger partial charge in [-0.1, -0.05) is 11.3 Å². The number of hydrogen-bond donors (Lipinski definition) is 2. The van der Waals surface area contributed by atoms with Crippen LogP contribution < -0.4 is 10.5 Å². The van der Waals surface area contributed by atoms with Gasteiger partial charge in [-0.05, 0) is 13.8 Å². The zero-order valence-corrected chi connectivity index (χ0v) is 12.0. The summed E-state index contributed by atoms with van der Waals surface area (Å²) in [5.41, 5.74) is 7.21. The Bertz CT molecular complexity index is 678. The maximum Gasteiger partial charge on any atom is 0.252 e. The van der Waals surface area contributed by atoms with Crippen LogP contribution in [0.3, 0.4) is 0 Å². The van der Waals surface area contributed by atoms with Crippen molar-refractivity contribution in [2.24, 2.45) is 0 Å². The first-order valence-electron chi connectivity index (χ1n) is 5.38. The highest BCUT2D eigenvalue weighted by Gasteiger charge is 2.20. The number of rotatable bonds is 4. The van der Waals surface area contributed by atoms with Crippen molar-refractivity contribution in [3.63, 3.8) is 0 Å². The van der Waals surface area contributed by atoms with Crippen molar-refractivity contribution in [3.8, 4) is 0 Å². The van der Waals surface area contributed by atoms with Gasteiger partial charge in [0.2, 0.25) is 0 Å². The predicted octanol–water partition coefficient (Wildman–Crippen LogP) is 0.611. The molecule has 19 heavy (non-hydrogen) atoms. The van der Waals surface area contributed by atoms with E-state index in [0.29, 0.717) is 11.4 Å². The number of nitrogen functional groups attached to an aromatic ring is 1. The van der Waals surface area contributed by atoms with E-state index in [4.69, 9.17) is 5.73 Å². The highest BCUT2D eigenvalue weighted by molar-refractivity contribution is 7.91. The second kappa shape index (κ2) is 5.19. The average molecular weight is 299 g/mol. The molecule has 2 aromatic rings. The largest absolute Gasteiger partial charge is 0.375 e. The van der Waals surface area contributed by atoms with Crippen LogP contribution in [0, 0.1) is 13.8 Å². The molecular formula is C10H13N5O2S2. The molecule has 0 aliphatic carbocycles. The molecule has 0 radical (unpaired) electrons. The Labute approximate surface area is 115 Å². The first kappa shape index (κ1) is 13.8. The van der Waals surface area contributed by atoms with Gasteiger partial charge in [-0.15, -0.1) is 0 Å². The van der Waals surface area contributed by atoms with Crippen molar-refractivity contribution < 1.29 is 8.42 Å². The lowest BCUT2D eigenvalue weighted by atomic mass is 10.4. The quantitative estimate of drug-likeness (QED) is 0.855. The zero-order chi connectivity index (χ0) is 14.0. The van der Waals surface area contributed by atoms with E-state index in [1.165, 1.54) is 6.20 Å². The summed E-state index contributed by atoms with van der Waals surface area (Å²) < 4.78 is 26.7. The molecule has 0 spiro atoms. The molecule has 9 heteroatoms. The minimum absolute atomic E-state index is 0.0762. The Kier molecular flexibility index (Phi) is 3.78. The van der Waals surface area contributed by atoms with Crippen LogP contribution in [-0.4, -0.2) is 23.4 Å². The molecule has 0 aliphatic rings. The molecule has 2 aromatic heterocycles. The van der Waals surface area contributed by atoms with Crippen LogP contribution >= 0.6 is 11.3 Å². The van der Waals surface area contributed by atoms with Gasteiger partial charge in [-0.2, -0.15) is 0 Å². The van der Waals surface area contributed by atoms with Gasteiger partial charge in [-0.3, -0.25) is 9.97 Å². The Morgan fingerprint density at radius 3 is 2.58 bits per heavy atom. The molecule has 0 unspecified atom stereocenters. The smallest absolute Gasteiger partial charge is 0.252 e. The monoisotopic (exact) mass is 299 g/mol. The Hall–Kier alpha value is -1.58. The number of nitrogens with one attached hydrogen (secondary N) is 1. The van der Waals surface area contributed by atoms with Gasteiger partial charge in [0.25, 0.3) is 10.0 Å². The molecule has 0 aliphatic heterocycles. The summed E-state index contributed by atoms with van der Waals surface area (Å²) in [7, 11) is -3.62. The van der Waals surface area contributed by atoms with E-state index in [9.17, 15) is 8.42 Å². The summed E-state index contributed by atoms with van der Waals surface area (Å²) in [4.78, 5) is 12.0. The van der Waals surface area contributed by atoms with E-state index in [0.717, 1.165) is 17.0 Å². The number of thiazole rings is 1. The van der Waals surface area contributed by atoms with E-state index in [2.05, 4.69) is 19.7 Å². The molecule has 0 saturated heterocycles. The SMILES string of the molecule is Cc1cnc(CNS(=O)(=O)c2sc(N)nc2C)cn1. The molecule has 102 valence electrons. The molecule has 0 bridgehead atoms. The highest BCUT2D eigenvalue weighted by atomic mass is 32.2. The third-order valence-corrected chi connectivity index (χ3v) is 5.29. The number of anilines is 1. The number of nitrogens with two attached hydrogens (primary N) is 1. The van der Waals surface area contributed by atoms with Crippen molar-refractivity contribution in [1.29, 1.82) is 0 Å². The van der Waals surface area contributed by atoms with Gasteiger partial charge in [-0.25, -0.2) is 18.1 Å². The van der Waals surface area contributed by atoms with Gasteiger partial charge in [0, 0.05) is 6.20 Å². The van der Waals surface area contributed by atoms with Crippen LogP contribution in [0.2, 0.25) is 0 Å². The second-order valence-corrected chi connectivity index (χ2v) is 6.89. The Morgan fingerprint density at radius 1 is 1.32 bits per heavy atom. The van der Waals surface area contributed by atoms with Crippen molar-refractivity contribution >= 4 is 26.5 Å². The first-order chi connectivity index (χ1) is 8.88. The molecule has 7 nitrogen and oxygen atoms in total. The standard InChI is InChI=1S/C10H13N5O2S2/c1-6-3-13-8(4-12-6)5-14-19(16,17)9-7(2)15-10(11)18-9/h3-4,14H,5H2,1-2H3,(H2,11,15). The Balaban J connectivity index is 2.14. The summed E-state index contributed by atoms with van der Waals surface area (Å²) in [6, 6.07) is 0. The third-order valence-electron chi connectivity index (χ3n) is 2.29. The summed E-state index contributed by atoms with van der Waals surface area (Å²) in [5.74, 6) is 0. The lowest BCUT2D eigenvalue weighted by Gasteiger charge is -2.04. The summed E-state index contributed by atoms with van der Waals surface area (Å²) in [6.07, 6.45) is 3.12. The van der Waals surface area contributed by atoms with Crippen molar-refractivity contribution in [2.75, 3.05) is 5.73 Å². The molecule has 3 N–H and O–H groups in total. The van der Waals surface area contributed by atoms with Crippen LogP contribution in [0.5, 0.6) is 0 Å². The zero-order valence-electron chi connectivity index (χ0n) is 10.4. The second-order valence-electron chi connectivity index (χ2n) is 3.90. The highest BCUT2D eigenvalue weighted by Crippen LogP contribution is 2.24. The maximum atomic E-state index is 12.1. The molecule has 0 fully saturated rings. The maximum absolute atomic E-state index is 12.1. The van der Waals surface area contributed by atoms with Gasteiger partial charge >= 0.3 is 0 Å². The van der Waals surface area contributed by atoms with E-state index >= 15 is 0 Å². The molecule has 0 saturated carbocycles. The van der Waals surface area contributed by atoms with Crippen LogP contribution in [0.15, 0.2) is 16.6 Å². The third kappa shape index (κ3) is 3.25. The number of aryl methyl sites for hydroxylation is 2. The number of hydrogen-bond acceptors (Lipinski definition) is 7. The van der Waals surface area contributed by atoms with Crippen molar-refractivity contribution in [2.45, 2.75) is 24.6 Å². The van der Waals surface area contributed by atoms with Crippen LogP contribution in [-0.2, 0) is 16.6 Å². The normalized spacial score (nSPS) is 11.7. The molecule has 2 heterocycles. The molecule has 0 amide bonds. The summed E-state index contributed by atoms with van der Waals surface area (Å²) in [6.45, 7) is 3.49. The molecule has 0 atom stereocenters. The van der Waals surface area contributed by atoms with E-state index < -0.39 is 10.0 Å². The van der Waals surface area contributed by atoms with Crippen LogP contribution in [0.1, 0.15) is 17.1 Å². The van der Waals surface area contributed by atoms with E-state index in [-0.39, 0.29) is 15.9 Å². The molecule has 2 rings (SSSR count). The summed E-state index contributed by atoms with van der Waals surface area (Å²) in [5, 5.41) is 0.230. The first-order valence-corrected chi connectivity index (χ1v) is 7.68. The van der Waals surface area contributed by atoms with E-state index in [1.807, 2.05) is 6.92 Å². The van der Waals surface area contributed by atoms with Crippen LogP contribution in [0.25, 0.3) is 0 Å².